The van der Waals surface area contributed by atoms with E-state index in [1.807, 2.05) is 38.4 Å². The molecule has 1 fully saturated rings. The molecule has 0 spiro atoms. The van der Waals surface area contributed by atoms with Crippen LogP contribution in [-0.4, -0.2) is 46.2 Å². The Morgan fingerprint density at radius 3 is 3.08 bits per heavy atom. The highest BCUT2D eigenvalue weighted by molar-refractivity contribution is 6.10. The van der Waals surface area contributed by atoms with Crippen molar-refractivity contribution in [1.29, 1.82) is 0 Å². The highest BCUT2D eigenvalue weighted by atomic mass is 16.2. The summed E-state index contributed by atoms with van der Waals surface area (Å²) in [4.78, 5) is 26.3. The quantitative estimate of drug-likeness (QED) is 0.684. The minimum absolute atomic E-state index is 0.0985. The van der Waals surface area contributed by atoms with E-state index in [1.165, 1.54) is 0 Å². The van der Waals surface area contributed by atoms with Gasteiger partial charge in [-0.15, -0.1) is 0 Å². The van der Waals surface area contributed by atoms with Crippen LogP contribution < -0.4 is 15.5 Å². The van der Waals surface area contributed by atoms with Gasteiger partial charge >= 0.3 is 6.03 Å². The number of urea groups is 1. The van der Waals surface area contributed by atoms with Crippen LogP contribution in [0.5, 0.6) is 0 Å². The minimum Gasteiger partial charge on any atom is -0.369 e. The van der Waals surface area contributed by atoms with Crippen molar-refractivity contribution in [3.05, 3.63) is 30.7 Å². The van der Waals surface area contributed by atoms with Gasteiger partial charge in [-0.25, -0.2) is 9.78 Å². The first-order valence-corrected chi connectivity index (χ1v) is 8.64. The summed E-state index contributed by atoms with van der Waals surface area (Å²) in [7, 11) is 0. The van der Waals surface area contributed by atoms with E-state index in [-0.39, 0.29) is 18.1 Å². The fraction of sp³-hybridized carbons (Fsp3) is 0.389. The first-order chi connectivity index (χ1) is 12.1. The Morgan fingerprint density at radius 2 is 2.24 bits per heavy atom. The molecule has 1 atom stereocenters. The van der Waals surface area contributed by atoms with E-state index in [4.69, 9.17) is 0 Å². The Labute approximate surface area is 145 Å². The maximum atomic E-state index is 11.9. The first-order valence-electron chi connectivity index (χ1n) is 8.64. The third-order valence-electron chi connectivity index (χ3n) is 4.55. The zero-order valence-electron chi connectivity index (χ0n) is 14.4. The number of pyridine rings is 2. The zero-order chi connectivity index (χ0) is 17.4. The Morgan fingerprint density at radius 1 is 1.36 bits per heavy atom. The van der Waals surface area contributed by atoms with Crippen LogP contribution in [0.4, 0.5) is 10.5 Å². The number of amides is 2. The Hall–Kier alpha value is -2.83. The molecule has 0 radical (unpaired) electrons. The van der Waals surface area contributed by atoms with Gasteiger partial charge in [0.1, 0.15) is 5.65 Å². The van der Waals surface area contributed by atoms with Crippen LogP contribution in [0.2, 0.25) is 0 Å². The molecule has 2 amide bonds. The zero-order valence-corrected chi connectivity index (χ0v) is 14.4. The molecule has 1 unspecified atom stereocenters. The normalized spacial score (nSPS) is 17.6. The van der Waals surface area contributed by atoms with E-state index >= 15 is 0 Å². The number of carbonyl (C=O) groups is 1. The molecule has 1 aliphatic rings. The molecule has 3 N–H and O–H groups in total. The van der Waals surface area contributed by atoms with Gasteiger partial charge in [0.2, 0.25) is 0 Å². The number of aromatic nitrogens is 3. The molecule has 0 saturated carbocycles. The number of aromatic amines is 1. The second-order valence-corrected chi connectivity index (χ2v) is 6.79. The van der Waals surface area contributed by atoms with Gasteiger partial charge in [0.05, 0.1) is 11.7 Å². The van der Waals surface area contributed by atoms with Crippen molar-refractivity contribution in [1.82, 2.24) is 25.6 Å². The Kier molecular flexibility index (Phi) is 3.91. The van der Waals surface area contributed by atoms with E-state index in [1.54, 1.807) is 6.20 Å². The van der Waals surface area contributed by atoms with Crippen molar-refractivity contribution in [2.75, 3.05) is 18.0 Å². The van der Waals surface area contributed by atoms with E-state index in [9.17, 15) is 4.79 Å². The Balaban J connectivity index is 1.60. The number of nitrogens with zero attached hydrogens (tertiary/aromatic N) is 3. The monoisotopic (exact) mass is 338 g/mol. The smallest absolute Gasteiger partial charge is 0.315 e. The van der Waals surface area contributed by atoms with Crippen LogP contribution in [0.3, 0.4) is 0 Å². The van der Waals surface area contributed by atoms with Gasteiger partial charge in [-0.05, 0) is 32.4 Å². The van der Waals surface area contributed by atoms with Crippen LogP contribution in [-0.2, 0) is 0 Å². The molecule has 3 aromatic heterocycles. The average molecular weight is 338 g/mol. The van der Waals surface area contributed by atoms with Crippen molar-refractivity contribution >= 4 is 33.7 Å². The summed E-state index contributed by atoms with van der Waals surface area (Å²) in [6.07, 6.45) is 6.46. The molecule has 1 saturated heterocycles. The average Bonchev–Trinajstić information content (AvgIpc) is 3.22. The predicted molar refractivity (Wildman–Crippen MR) is 98.8 cm³/mol. The predicted octanol–water partition coefficient (Wildman–Crippen LogP) is 2.40. The second-order valence-electron chi connectivity index (χ2n) is 6.79. The molecule has 0 aliphatic carbocycles. The van der Waals surface area contributed by atoms with Crippen LogP contribution in [0.25, 0.3) is 21.9 Å². The largest absolute Gasteiger partial charge is 0.369 e. The van der Waals surface area contributed by atoms with E-state index in [2.05, 4.69) is 30.5 Å². The van der Waals surface area contributed by atoms with Gasteiger partial charge in [0.25, 0.3) is 0 Å². The van der Waals surface area contributed by atoms with E-state index in [0.29, 0.717) is 0 Å². The molecular weight excluding hydrogens is 316 g/mol. The number of carbonyl (C=O) groups excluding carboxylic acids is 1. The molecule has 1 aliphatic heterocycles. The lowest BCUT2D eigenvalue weighted by atomic mass is 10.1. The van der Waals surface area contributed by atoms with Crippen molar-refractivity contribution in [3.63, 3.8) is 0 Å². The molecule has 0 aromatic carbocycles. The highest BCUT2D eigenvalue weighted by Gasteiger charge is 2.26. The highest BCUT2D eigenvalue weighted by Crippen LogP contribution is 2.32. The number of fused-ring (bicyclic) bond motifs is 3. The summed E-state index contributed by atoms with van der Waals surface area (Å²) in [6.45, 7) is 5.61. The van der Waals surface area contributed by atoms with Gasteiger partial charge in [0.15, 0.2) is 0 Å². The lowest BCUT2D eigenvalue weighted by Crippen LogP contribution is -2.45. The summed E-state index contributed by atoms with van der Waals surface area (Å²) in [5, 5.41) is 8.14. The van der Waals surface area contributed by atoms with Crippen molar-refractivity contribution in [2.45, 2.75) is 32.4 Å². The van der Waals surface area contributed by atoms with E-state index in [0.717, 1.165) is 47.1 Å². The van der Waals surface area contributed by atoms with Crippen LogP contribution in [0.15, 0.2) is 30.7 Å². The summed E-state index contributed by atoms with van der Waals surface area (Å²) in [6, 6.07) is 4.27. The van der Waals surface area contributed by atoms with Gasteiger partial charge in [-0.2, -0.15) is 0 Å². The third-order valence-corrected chi connectivity index (χ3v) is 4.55. The maximum absolute atomic E-state index is 11.9. The fourth-order valence-electron chi connectivity index (χ4n) is 3.49. The summed E-state index contributed by atoms with van der Waals surface area (Å²) < 4.78 is 0. The number of nitrogens with one attached hydrogen (secondary N) is 3. The third kappa shape index (κ3) is 2.97. The number of hydrogen-bond acceptors (Lipinski definition) is 4. The van der Waals surface area contributed by atoms with Crippen molar-refractivity contribution < 1.29 is 4.79 Å². The second kappa shape index (κ2) is 6.23. The summed E-state index contributed by atoms with van der Waals surface area (Å²) in [5.41, 5.74) is 2.90. The summed E-state index contributed by atoms with van der Waals surface area (Å²) in [5.74, 6) is 0. The van der Waals surface area contributed by atoms with Gasteiger partial charge in [-0.1, -0.05) is 0 Å². The Bertz CT molecular complexity index is 918. The molecular formula is C18H22N6O. The number of rotatable bonds is 3. The number of anilines is 1. The van der Waals surface area contributed by atoms with Crippen LogP contribution in [0, 0.1) is 0 Å². The van der Waals surface area contributed by atoms with Gasteiger partial charge in [-0.3, -0.25) is 4.98 Å². The van der Waals surface area contributed by atoms with E-state index < -0.39 is 0 Å². The van der Waals surface area contributed by atoms with Crippen LogP contribution >= 0.6 is 0 Å². The standard InChI is InChI=1S/C18H22N6O/c1-11(2)22-18(25)23-12-5-8-24(10-12)15-4-7-19-14-9-21-17-13(16(14)15)3-6-20-17/h3-4,6-7,9,11-12H,5,8,10H2,1-2H3,(H,20,21)(H2,22,23,25). The van der Waals surface area contributed by atoms with Crippen molar-refractivity contribution in [2.24, 2.45) is 0 Å². The molecule has 130 valence electrons. The molecule has 7 heteroatoms. The molecule has 3 aromatic rings. The molecule has 4 heterocycles. The van der Waals surface area contributed by atoms with Gasteiger partial charge in [0, 0.05) is 54.0 Å². The lowest BCUT2D eigenvalue weighted by Gasteiger charge is -2.21. The number of hydrogen-bond donors (Lipinski definition) is 3. The minimum atomic E-state index is -0.0985. The van der Waals surface area contributed by atoms with Crippen molar-refractivity contribution in [3.8, 4) is 0 Å². The molecule has 4 rings (SSSR count). The molecule has 25 heavy (non-hydrogen) atoms. The molecule has 0 bridgehead atoms. The fourth-order valence-corrected chi connectivity index (χ4v) is 3.49. The SMILES string of the molecule is CC(C)NC(=O)NC1CCN(c2ccnc3cnc4[nH]ccc4c23)C1. The topological polar surface area (TPSA) is 85.9 Å². The summed E-state index contributed by atoms with van der Waals surface area (Å²) >= 11 is 0. The number of H-pyrrole nitrogens is 1. The van der Waals surface area contributed by atoms with Gasteiger partial charge < -0.3 is 20.5 Å². The maximum Gasteiger partial charge on any atom is 0.315 e. The first kappa shape index (κ1) is 15.7. The lowest BCUT2D eigenvalue weighted by molar-refractivity contribution is 0.235. The van der Waals surface area contributed by atoms with Crippen LogP contribution in [0.1, 0.15) is 20.3 Å². The molecule has 7 nitrogen and oxygen atoms in total.